The molecular formula is C19H24N2O3. The van der Waals surface area contributed by atoms with Crippen molar-refractivity contribution in [1.29, 1.82) is 0 Å². The van der Waals surface area contributed by atoms with Crippen molar-refractivity contribution in [3.8, 4) is 0 Å². The molecule has 4 rings (SSSR count). The molecule has 3 fully saturated rings. The smallest absolute Gasteiger partial charge is 0.407 e. The second kappa shape index (κ2) is 5.50. The van der Waals surface area contributed by atoms with Gasteiger partial charge in [-0.1, -0.05) is 24.3 Å². The first-order valence-corrected chi connectivity index (χ1v) is 8.74. The van der Waals surface area contributed by atoms with E-state index in [4.69, 9.17) is 4.74 Å². The summed E-state index contributed by atoms with van der Waals surface area (Å²) in [7, 11) is 1.93. The van der Waals surface area contributed by atoms with E-state index in [1.165, 1.54) is 11.1 Å². The third-order valence-corrected chi connectivity index (χ3v) is 6.11. The summed E-state index contributed by atoms with van der Waals surface area (Å²) in [4.78, 5) is 25.8. The Morgan fingerprint density at radius 3 is 2.62 bits per heavy atom. The molecule has 2 aliphatic carbocycles. The van der Waals surface area contributed by atoms with Crippen LogP contribution in [0.3, 0.4) is 0 Å². The van der Waals surface area contributed by atoms with Crippen LogP contribution in [0, 0.1) is 12.8 Å². The topological polar surface area (TPSA) is 58.6 Å². The summed E-state index contributed by atoms with van der Waals surface area (Å²) in [5.74, 6) is 0.811. The molecule has 0 bridgehead atoms. The minimum atomic E-state index is -0.352. The minimum absolute atomic E-state index is 0.0227. The average Bonchev–Trinajstić information content (AvgIpc) is 2.87. The lowest BCUT2D eigenvalue weighted by molar-refractivity contribution is -0.143. The second-order valence-electron chi connectivity index (χ2n) is 7.71. The van der Waals surface area contributed by atoms with Crippen LogP contribution in [0.25, 0.3) is 0 Å². The largest absolute Gasteiger partial charge is 0.447 e. The molecular weight excluding hydrogens is 304 g/mol. The molecule has 2 amide bonds. The summed E-state index contributed by atoms with van der Waals surface area (Å²) >= 11 is 0. The van der Waals surface area contributed by atoms with Gasteiger partial charge in [-0.25, -0.2) is 4.79 Å². The number of benzene rings is 1. The molecule has 24 heavy (non-hydrogen) atoms. The molecule has 1 heterocycles. The van der Waals surface area contributed by atoms with Gasteiger partial charge < -0.3 is 15.0 Å². The molecule has 5 nitrogen and oxygen atoms in total. The molecule has 0 atom stereocenters. The molecule has 1 aliphatic heterocycles. The summed E-state index contributed by atoms with van der Waals surface area (Å²) in [6.45, 7) is 2.56. The Labute approximate surface area is 142 Å². The van der Waals surface area contributed by atoms with Gasteiger partial charge in [0, 0.05) is 19.0 Å². The van der Waals surface area contributed by atoms with Gasteiger partial charge in [-0.15, -0.1) is 0 Å². The van der Waals surface area contributed by atoms with Crippen molar-refractivity contribution in [1.82, 2.24) is 10.2 Å². The fourth-order valence-corrected chi connectivity index (χ4v) is 4.44. The fourth-order valence-electron chi connectivity index (χ4n) is 4.44. The van der Waals surface area contributed by atoms with Gasteiger partial charge in [0.1, 0.15) is 6.61 Å². The predicted octanol–water partition coefficient (Wildman–Crippen LogP) is 2.59. The highest BCUT2D eigenvalue weighted by molar-refractivity contribution is 5.81. The van der Waals surface area contributed by atoms with E-state index in [0.717, 1.165) is 12.8 Å². The van der Waals surface area contributed by atoms with E-state index in [0.29, 0.717) is 31.4 Å². The number of amides is 2. The van der Waals surface area contributed by atoms with Crippen molar-refractivity contribution in [3.05, 3.63) is 35.4 Å². The Hall–Kier alpha value is -2.04. The first-order chi connectivity index (χ1) is 11.5. The SMILES string of the molecule is Cc1ccccc1C1CC(N(C)C(=O)C2CC3(COC(=O)N3)C2)C1. The Kier molecular flexibility index (Phi) is 3.55. The molecule has 1 spiro atoms. The van der Waals surface area contributed by atoms with Crippen molar-refractivity contribution in [3.63, 3.8) is 0 Å². The molecule has 3 aliphatic rings. The predicted molar refractivity (Wildman–Crippen MR) is 89.7 cm³/mol. The van der Waals surface area contributed by atoms with Crippen LogP contribution < -0.4 is 5.32 Å². The lowest BCUT2D eigenvalue weighted by Crippen LogP contribution is -2.59. The van der Waals surface area contributed by atoms with E-state index in [1.54, 1.807) is 0 Å². The lowest BCUT2D eigenvalue weighted by Gasteiger charge is -2.47. The summed E-state index contributed by atoms with van der Waals surface area (Å²) in [5, 5.41) is 2.85. The number of nitrogens with one attached hydrogen (secondary N) is 1. The Morgan fingerprint density at radius 1 is 1.29 bits per heavy atom. The van der Waals surface area contributed by atoms with Crippen LogP contribution in [0.1, 0.15) is 42.7 Å². The van der Waals surface area contributed by atoms with E-state index in [2.05, 4.69) is 36.5 Å². The first kappa shape index (κ1) is 15.5. The summed E-state index contributed by atoms with van der Waals surface area (Å²) in [6, 6.07) is 8.87. The van der Waals surface area contributed by atoms with Crippen LogP contribution in [-0.2, 0) is 9.53 Å². The van der Waals surface area contributed by atoms with Gasteiger partial charge in [-0.2, -0.15) is 0 Å². The Bertz CT molecular complexity index is 675. The van der Waals surface area contributed by atoms with Crippen LogP contribution in [0.2, 0.25) is 0 Å². The highest BCUT2D eigenvalue weighted by atomic mass is 16.6. The van der Waals surface area contributed by atoms with E-state index in [9.17, 15) is 9.59 Å². The van der Waals surface area contributed by atoms with Crippen LogP contribution in [0.5, 0.6) is 0 Å². The number of hydrogen-bond donors (Lipinski definition) is 1. The van der Waals surface area contributed by atoms with Crippen molar-refractivity contribution in [2.24, 2.45) is 5.92 Å². The van der Waals surface area contributed by atoms with Gasteiger partial charge in [-0.05, 0) is 49.7 Å². The quantitative estimate of drug-likeness (QED) is 0.928. The number of hydrogen-bond acceptors (Lipinski definition) is 3. The number of carbonyl (C=O) groups is 2. The number of aryl methyl sites for hydroxylation is 1. The second-order valence-corrected chi connectivity index (χ2v) is 7.71. The van der Waals surface area contributed by atoms with Crippen molar-refractivity contribution < 1.29 is 14.3 Å². The number of cyclic esters (lactones) is 1. The first-order valence-electron chi connectivity index (χ1n) is 8.74. The molecule has 0 unspecified atom stereocenters. The Balaban J connectivity index is 1.30. The molecule has 0 radical (unpaired) electrons. The van der Waals surface area contributed by atoms with E-state index in [1.807, 2.05) is 11.9 Å². The number of ether oxygens (including phenoxy) is 1. The zero-order chi connectivity index (χ0) is 16.9. The number of alkyl carbamates (subject to hydrolysis) is 1. The molecule has 1 aromatic carbocycles. The Morgan fingerprint density at radius 2 is 2.00 bits per heavy atom. The van der Waals surface area contributed by atoms with Crippen LogP contribution in [0.15, 0.2) is 24.3 Å². The van der Waals surface area contributed by atoms with E-state index >= 15 is 0 Å². The normalized spacial score (nSPS) is 34.1. The standard InChI is InChI=1S/C19H24N2O3/c1-12-5-3-4-6-16(12)13-7-15(8-13)21(2)17(22)14-9-19(10-14)11-24-18(23)20-19/h3-6,13-15H,7-11H2,1-2H3,(H,20,23). The van der Waals surface area contributed by atoms with E-state index < -0.39 is 0 Å². The highest BCUT2D eigenvalue weighted by Gasteiger charge is 2.53. The maximum Gasteiger partial charge on any atom is 0.407 e. The zero-order valence-corrected chi connectivity index (χ0v) is 14.2. The number of carbonyl (C=O) groups excluding carboxylic acids is 2. The summed E-state index contributed by atoms with van der Waals surface area (Å²) in [6.07, 6.45) is 3.15. The maximum atomic E-state index is 12.7. The van der Waals surface area contributed by atoms with Crippen molar-refractivity contribution >= 4 is 12.0 Å². The average molecular weight is 328 g/mol. The molecule has 2 saturated carbocycles. The molecule has 5 heteroatoms. The van der Waals surface area contributed by atoms with Crippen molar-refractivity contribution in [2.75, 3.05) is 13.7 Å². The van der Waals surface area contributed by atoms with Crippen LogP contribution in [0.4, 0.5) is 4.79 Å². The molecule has 1 saturated heterocycles. The molecule has 0 aromatic heterocycles. The molecule has 128 valence electrons. The zero-order valence-electron chi connectivity index (χ0n) is 14.2. The summed E-state index contributed by atoms with van der Waals surface area (Å²) < 4.78 is 4.98. The third kappa shape index (κ3) is 2.46. The van der Waals surface area contributed by atoms with Gasteiger partial charge in [0.15, 0.2) is 0 Å². The van der Waals surface area contributed by atoms with E-state index in [-0.39, 0.29) is 23.5 Å². The third-order valence-electron chi connectivity index (χ3n) is 6.11. The summed E-state index contributed by atoms with van der Waals surface area (Å²) in [5.41, 5.74) is 2.48. The number of rotatable bonds is 3. The monoisotopic (exact) mass is 328 g/mol. The fraction of sp³-hybridized carbons (Fsp3) is 0.579. The lowest BCUT2D eigenvalue weighted by atomic mass is 9.67. The van der Waals surface area contributed by atoms with Gasteiger partial charge in [0.25, 0.3) is 0 Å². The van der Waals surface area contributed by atoms with Gasteiger partial charge >= 0.3 is 6.09 Å². The van der Waals surface area contributed by atoms with Crippen LogP contribution >= 0.6 is 0 Å². The van der Waals surface area contributed by atoms with Gasteiger partial charge in [-0.3, -0.25) is 4.79 Å². The van der Waals surface area contributed by atoms with Crippen molar-refractivity contribution in [2.45, 2.75) is 50.1 Å². The number of nitrogens with zero attached hydrogens (tertiary/aromatic N) is 1. The molecule has 1 N–H and O–H groups in total. The maximum absolute atomic E-state index is 12.7. The van der Waals surface area contributed by atoms with Crippen LogP contribution in [-0.4, -0.2) is 42.1 Å². The highest BCUT2D eigenvalue weighted by Crippen LogP contribution is 2.44. The van der Waals surface area contributed by atoms with Gasteiger partial charge in [0.2, 0.25) is 5.91 Å². The molecule has 1 aromatic rings. The minimum Gasteiger partial charge on any atom is -0.447 e. The van der Waals surface area contributed by atoms with Gasteiger partial charge in [0.05, 0.1) is 5.54 Å².